The second-order valence-electron chi connectivity index (χ2n) is 7.78. The second kappa shape index (κ2) is 10.5. The average Bonchev–Trinajstić information content (AvgIpc) is 2.77. The number of aromatic nitrogens is 2. The van der Waals surface area contributed by atoms with Crippen molar-refractivity contribution in [3.63, 3.8) is 0 Å². The number of rotatable bonds is 8. The SMILES string of the molecule is CCOC(=O)C1CCN(C(c2ccncc2)c2c(O)cc(C)n(CCOC)c2=O)CC1. The Balaban J connectivity index is 1.99. The highest BCUT2D eigenvalue weighted by atomic mass is 16.5. The Hall–Kier alpha value is -2.71. The lowest BCUT2D eigenvalue weighted by Crippen LogP contribution is -2.42. The second-order valence-corrected chi connectivity index (χ2v) is 7.78. The van der Waals surface area contributed by atoms with Gasteiger partial charge in [0, 0.05) is 31.7 Å². The van der Waals surface area contributed by atoms with E-state index in [1.807, 2.05) is 12.1 Å². The van der Waals surface area contributed by atoms with Crippen LogP contribution >= 0.6 is 0 Å². The third kappa shape index (κ3) is 5.14. The Bertz CT molecular complexity index is 936. The van der Waals surface area contributed by atoms with Gasteiger partial charge in [0.15, 0.2) is 0 Å². The molecule has 1 aliphatic heterocycles. The highest BCUT2D eigenvalue weighted by molar-refractivity contribution is 5.72. The van der Waals surface area contributed by atoms with Crippen LogP contribution < -0.4 is 5.56 Å². The Labute approximate surface area is 182 Å². The molecule has 0 aliphatic carbocycles. The van der Waals surface area contributed by atoms with E-state index in [-0.39, 0.29) is 23.2 Å². The number of pyridine rings is 2. The zero-order valence-electron chi connectivity index (χ0n) is 18.4. The van der Waals surface area contributed by atoms with Crippen LogP contribution in [-0.4, -0.2) is 58.9 Å². The Kier molecular flexibility index (Phi) is 7.81. The fourth-order valence-corrected chi connectivity index (χ4v) is 4.25. The molecule has 0 amide bonds. The first-order valence-electron chi connectivity index (χ1n) is 10.7. The summed E-state index contributed by atoms with van der Waals surface area (Å²) in [5, 5.41) is 10.8. The zero-order valence-corrected chi connectivity index (χ0v) is 18.4. The molecule has 1 fully saturated rings. The Morgan fingerprint density at radius 2 is 1.97 bits per heavy atom. The lowest BCUT2D eigenvalue weighted by molar-refractivity contribution is -0.149. The molecule has 8 heteroatoms. The first-order valence-corrected chi connectivity index (χ1v) is 10.7. The van der Waals surface area contributed by atoms with Crippen molar-refractivity contribution in [2.45, 2.75) is 39.3 Å². The maximum atomic E-state index is 13.5. The summed E-state index contributed by atoms with van der Waals surface area (Å²) in [4.78, 5) is 31.9. The van der Waals surface area contributed by atoms with Gasteiger partial charge < -0.3 is 19.1 Å². The van der Waals surface area contributed by atoms with Crippen LogP contribution in [0.2, 0.25) is 0 Å². The third-order valence-corrected chi connectivity index (χ3v) is 5.85. The van der Waals surface area contributed by atoms with Gasteiger partial charge in [-0.05, 0) is 63.5 Å². The molecular weight excluding hydrogens is 398 g/mol. The summed E-state index contributed by atoms with van der Waals surface area (Å²) in [5.41, 5.74) is 1.66. The van der Waals surface area contributed by atoms with E-state index in [1.165, 1.54) is 0 Å². The van der Waals surface area contributed by atoms with Gasteiger partial charge in [0.05, 0.1) is 30.7 Å². The molecule has 1 N–H and O–H groups in total. The molecule has 2 aromatic heterocycles. The number of carbonyl (C=O) groups excluding carboxylic acids is 1. The van der Waals surface area contributed by atoms with Crippen molar-refractivity contribution in [2.75, 3.05) is 33.4 Å². The lowest BCUT2D eigenvalue weighted by Gasteiger charge is -2.37. The number of methoxy groups -OCH3 is 1. The number of aryl methyl sites for hydroxylation is 1. The van der Waals surface area contributed by atoms with Crippen LogP contribution in [0.1, 0.15) is 42.6 Å². The quantitative estimate of drug-likeness (QED) is 0.644. The summed E-state index contributed by atoms with van der Waals surface area (Å²) in [7, 11) is 1.59. The monoisotopic (exact) mass is 429 g/mol. The van der Waals surface area contributed by atoms with Crippen LogP contribution in [0.4, 0.5) is 0 Å². The van der Waals surface area contributed by atoms with Crippen LogP contribution in [0.3, 0.4) is 0 Å². The number of carbonyl (C=O) groups is 1. The first-order chi connectivity index (χ1) is 15.0. The van der Waals surface area contributed by atoms with E-state index in [9.17, 15) is 14.7 Å². The highest BCUT2D eigenvalue weighted by Gasteiger charge is 2.34. The van der Waals surface area contributed by atoms with Crippen molar-refractivity contribution in [3.05, 3.63) is 57.8 Å². The molecule has 0 aromatic carbocycles. The number of nitrogens with zero attached hydrogens (tertiary/aromatic N) is 3. The molecule has 0 bridgehead atoms. The van der Waals surface area contributed by atoms with E-state index in [4.69, 9.17) is 9.47 Å². The van der Waals surface area contributed by atoms with Crippen molar-refractivity contribution in [3.8, 4) is 5.75 Å². The normalized spacial score (nSPS) is 16.2. The van der Waals surface area contributed by atoms with Crippen LogP contribution in [-0.2, 0) is 20.8 Å². The van der Waals surface area contributed by atoms with Crippen LogP contribution in [0, 0.1) is 12.8 Å². The summed E-state index contributed by atoms with van der Waals surface area (Å²) in [6.07, 6.45) is 4.65. The van der Waals surface area contributed by atoms with E-state index in [0.29, 0.717) is 56.9 Å². The molecule has 2 aromatic rings. The van der Waals surface area contributed by atoms with Gasteiger partial charge >= 0.3 is 5.97 Å². The van der Waals surface area contributed by atoms with Crippen molar-refractivity contribution in [2.24, 2.45) is 5.92 Å². The van der Waals surface area contributed by atoms with E-state index >= 15 is 0 Å². The fraction of sp³-hybridized carbons (Fsp3) is 0.522. The predicted molar refractivity (Wildman–Crippen MR) is 116 cm³/mol. The molecule has 0 saturated carbocycles. The smallest absolute Gasteiger partial charge is 0.309 e. The van der Waals surface area contributed by atoms with E-state index < -0.39 is 6.04 Å². The van der Waals surface area contributed by atoms with Gasteiger partial charge in [0.1, 0.15) is 5.75 Å². The van der Waals surface area contributed by atoms with Gasteiger partial charge in [-0.15, -0.1) is 0 Å². The number of piperidine rings is 1. The summed E-state index contributed by atoms with van der Waals surface area (Å²) in [6, 6.07) is 4.92. The van der Waals surface area contributed by atoms with Gasteiger partial charge in [-0.25, -0.2) is 0 Å². The number of hydrogen-bond acceptors (Lipinski definition) is 7. The molecule has 3 rings (SSSR count). The molecule has 3 heterocycles. The van der Waals surface area contributed by atoms with Gasteiger partial charge in [-0.2, -0.15) is 0 Å². The Morgan fingerprint density at radius 3 is 2.58 bits per heavy atom. The molecule has 168 valence electrons. The molecule has 1 atom stereocenters. The van der Waals surface area contributed by atoms with Crippen molar-refractivity contribution in [1.29, 1.82) is 0 Å². The van der Waals surface area contributed by atoms with Gasteiger partial charge in [0.2, 0.25) is 0 Å². The van der Waals surface area contributed by atoms with Crippen LogP contribution in [0.15, 0.2) is 35.4 Å². The average molecular weight is 430 g/mol. The van der Waals surface area contributed by atoms with Gasteiger partial charge in [-0.1, -0.05) is 0 Å². The summed E-state index contributed by atoms with van der Waals surface area (Å²) < 4.78 is 12.0. The fourth-order valence-electron chi connectivity index (χ4n) is 4.25. The topological polar surface area (TPSA) is 93.9 Å². The molecular formula is C23H31N3O5. The van der Waals surface area contributed by atoms with Gasteiger partial charge in [-0.3, -0.25) is 19.5 Å². The Morgan fingerprint density at radius 1 is 1.29 bits per heavy atom. The standard InChI is InChI=1S/C23H31N3O5/c1-4-31-23(29)18-7-11-25(12-8-18)21(17-5-9-24-10-6-17)20-19(27)15-16(2)26(22(20)28)13-14-30-3/h5-6,9-10,15,18,21,27H,4,7-8,11-14H2,1-3H3. The van der Waals surface area contributed by atoms with Crippen molar-refractivity contribution < 1.29 is 19.4 Å². The van der Waals surface area contributed by atoms with E-state index in [1.54, 1.807) is 44.0 Å². The van der Waals surface area contributed by atoms with Crippen LogP contribution in [0.5, 0.6) is 5.75 Å². The first kappa shape index (κ1) is 23.0. The van der Waals surface area contributed by atoms with Crippen molar-refractivity contribution in [1.82, 2.24) is 14.5 Å². The van der Waals surface area contributed by atoms with Gasteiger partial charge in [0.25, 0.3) is 5.56 Å². The minimum Gasteiger partial charge on any atom is -0.507 e. The minimum atomic E-state index is -0.437. The highest BCUT2D eigenvalue weighted by Crippen LogP contribution is 2.35. The molecule has 1 saturated heterocycles. The van der Waals surface area contributed by atoms with Crippen LogP contribution in [0.25, 0.3) is 0 Å². The third-order valence-electron chi connectivity index (χ3n) is 5.85. The number of hydrogen-bond donors (Lipinski definition) is 1. The van der Waals surface area contributed by atoms with E-state index in [0.717, 1.165) is 5.56 Å². The summed E-state index contributed by atoms with van der Waals surface area (Å²) in [5.74, 6) is -0.326. The molecule has 1 unspecified atom stereocenters. The molecule has 1 aliphatic rings. The lowest BCUT2D eigenvalue weighted by atomic mass is 9.91. The number of ether oxygens (including phenoxy) is 2. The molecule has 0 radical (unpaired) electrons. The number of likely N-dealkylation sites (tertiary alicyclic amines) is 1. The van der Waals surface area contributed by atoms with Crippen molar-refractivity contribution >= 4 is 5.97 Å². The number of aromatic hydroxyl groups is 1. The maximum absolute atomic E-state index is 13.5. The number of esters is 1. The van der Waals surface area contributed by atoms with E-state index in [2.05, 4.69) is 9.88 Å². The summed E-state index contributed by atoms with van der Waals surface area (Å²) >= 11 is 0. The summed E-state index contributed by atoms with van der Waals surface area (Å²) in [6.45, 7) is 6.01. The predicted octanol–water partition coefficient (Wildman–Crippen LogP) is 2.27. The largest absolute Gasteiger partial charge is 0.507 e. The molecule has 8 nitrogen and oxygen atoms in total. The molecule has 31 heavy (non-hydrogen) atoms. The maximum Gasteiger partial charge on any atom is 0.309 e. The minimum absolute atomic E-state index is 0.0227. The molecule has 0 spiro atoms. The zero-order chi connectivity index (χ0) is 22.4.